The normalized spacial score (nSPS) is 19.3. The van der Waals surface area contributed by atoms with Crippen molar-refractivity contribution >= 4 is 35.2 Å². The van der Waals surface area contributed by atoms with Gasteiger partial charge in [-0.1, -0.05) is 30.3 Å². The minimum Gasteiger partial charge on any atom is -0.468 e. The molecule has 208 valence electrons. The van der Waals surface area contributed by atoms with Gasteiger partial charge in [-0.05, 0) is 55.4 Å². The van der Waals surface area contributed by atoms with E-state index in [-0.39, 0.29) is 36.4 Å². The first-order valence-corrected chi connectivity index (χ1v) is 13.9. The number of nitro benzene ring substituents is 1. The van der Waals surface area contributed by atoms with Gasteiger partial charge in [0.05, 0.1) is 29.9 Å². The van der Waals surface area contributed by atoms with Crippen LogP contribution in [0, 0.1) is 10.1 Å². The van der Waals surface area contributed by atoms with Gasteiger partial charge >= 0.3 is 5.97 Å². The summed E-state index contributed by atoms with van der Waals surface area (Å²) in [6.45, 7) is 3.54. The van der Waals surface area contributed by atoms with Gasteiger partial charge in [0.1, 0.15) is 6.04 Å². The van der Waals surface area contributed by atoms with Crippen molar-refractivity contribution in [3.63, 3.8) is 0 Å². The molecule has 11 heteroatoms. The Morgan fingerprint density at radius 2 is 1.95 bits per heavy atom. The topological polar surface area (TPSA) is 145 Å². The zero-order valence-electron chi connectivity index (χ0n) is 22.3. The third-order valence-corrected chi connectivity index (χ3v) is 8.99. The molecule has 2 aromatic rings. The van der Waals surface area contributed by atoms with Crippen molar-refractivity contribution in [3.8, 4) is 0 Å². The Morgan fingerprint density at radius 1 is 1.21 bits per heavy atom. The van der Waals surface area contributed by atoms with Crippen LogP contribution in [0.15, 0.2) is 42.5 Å². The molecule has 2 amide bonds. The largest absolute Gasteiger partial charge is 0.468 e. The van der Waals surface area contributed by atoms with Gasteiger partial charge in [-0.15, -0.1) is 11.8 Å². The standard InChI is InChI=1S/C28H34N4O6S/c1-28(2,39-16-24(33)38-3)25(29)27(35)31-15-19-13-20(32(36)37)12-11-18(19)14-23(31)26(34)30-22-10-6-8-17-7-4-5-9-21(17)22/h4-5,7,9,11-13,22-23,25H,6,8,10,14-16,29H2,1-3H3,(H,30,34)/t22-,23+,25+/m1/s1. The third-order valence-electron chi connectivity index (χ3n) is 7.61. The number of nitrogens with two attached hydrogens (primary N) is 1. The molecule has 2 aliphatic rings. The number of benzene rings is 2. The van der Waals surface area contributed by atoms with Crippen LogP contribution in [0.3, 0.4) is 0 Å². The van der Waals surface area contributed by atoms with Crippen LogP contribution < -0.4 is 11.1 Å². The van der Waals surface area contributed by atoms with Gasteiger partial charge < -0.3 is 20.7 Å². The molecule has 4 rings (SSSR count). The Bertz CT molecular complexity index is 1280. The number of ether oxygens (including phenoxy) is 1. The fourth-order valence-corrected chi connectivity index (χ4v) is 6.08. The molecule has 0 bridgehead atoms. The molecule has 0 spiro atoms. The van der Waals surface area contributed by atoms with Crippen LogP contribution in [0.25, 0.3) is 0 Å². The summed E-state index contributed by atoms with van der Waals surface area (Å²) in [5.74, 6) is -1.17. The van der Waals surface area contributed by atoms with Crippen LogP contribution in [0.4, 0.5) is 5.69 Å². The number of carbonyl (C=O) groups excluding carboxylic acids is 3. The molecule has 2 aromatic carbocycles. The maximum Gasteiger partial charge on any atom is 0.315 e. The lowest BCUT2D eigenvalue weighted by molar-refractivity contribution is -0.385. The lowest BCUT2D eigenvalue weighted by Gasteiger charge is -2.41. The molecule has 3 N–H and O–H groups in total. The highest BCUT2D eigenvalue weighted by Crippen LogP contribution is 2.34. The smallest absolute Gasteiger partial charge is 0.315 e. The molecule has 10 nitrogen and oxygen atoms in total. The maximum absolute atomic E-state index is 13.9. The Labute approximate surface area is 231 Å². The summed E-state index contributed by atoms with van der Waals surface area (Å²) in [5, 5.41) is 14.6. The molecule has 1 aliphatic heterocycles. The SMILES string of the molecule is COC(=O)CSC(C)(C)[C@@H](N)C(=O)N1Cc2cc([N+](=O)[O-])ccc2C[C@H]1C(=O)N[C@@H]1CCCc2ccccc21. The van der Waals surface area contributed by atoms with Crippen molar-refractivity contribution in [3.05, 3.63) is 74.8 Å². The molecule has 1 aliphatic carbocycles. The number of hydrogen-bond acceptors (Lipinski definition) is 8. The van der Waals surface area contributed by atoms with Gasteiger partial charge in [0.15, 0.2) is 0 Å². The van der Waals surface area contributed by atoms with Gasteiger partial charge in [0.2, 0.25) is 11.8 Å². The average molecular weight is 555 g/mol. The van der Waals surface area contributed by atoms with Crippen LogP contribution in [0.2, 0.25) is 0 Å². The summed E-state index contributed by atoms with van der Waals surface area (Å²) < 4.78 is 3.86. The predicted octanol–water partition coefficient (Wildman–Crippen LogP) is 3.05. The fourth-order valence-electron chi connectivity index (χ4n) is 5.19. The molecule has 1 heterocycles. The number of rotatable bonds is 8. The zero-order chi connectivity index (χ0) is 28.3. The fraction of sp³-hybridized carbons (Fsp3) is 0.464. The first-order valence-electron chi connectivity index (χ1n) is 12.9. The molecular weight excluding hydrogens is 520 g/mol. The van der Waals surface area contributed by atoms with Crippen molar-refractivity contribution in [1.29, 1.82) is 0 Å². The highest BCUT2D eigenvalue weighted by molar-refractivity contribution is 8.01. The van der Waals surface area contributed by atoms with Crippen LogP contribution in [0.5, 0.6) is 0 Å². The van der Waals surface area contributed by atoms with E-state index in [1.807, 2.05) is 18.2 Å². The second kappa shape index (κ2) is 11.7. The van der Waals surface area contributed by atoms with E-state index in [4.69, 9.17) is 10.5 Å². The van der Waals surface area contributed by atoms with E-state index in [9.17, 15) is 24.5 Å². The average Bonchev–Trinajstić information content (AvgIpc) is 2.94. The van der Waals surface area contributed by atoms with E-state index in [1.165, 1.54) is 41.5 Å². The number of non-ortho nitro benzene ring substituents is 1. The predicted molar refractivity (Wildman–Crippen MR) is 148 cm³/mol. The molecule has 0 unspecified atom stereocenters. The van der Waals surface area contributed by atoms with Gasteiger partial charge in [-0.3, -0.25) is 24.5 Å². The summed E-state index contributed by atoms with van der Waals surface area (Å²) in [5.41, 5.74) is 10.0. The highest BCUT2D eigenvalue weighted by Gasteiger charge is 2.42. The van der Waals surface area contributed by atoms with E-state index in [1.54, 1.807) is 19.9 Å². The van der Waals surface area contributed by atoms with Crippen molar-refractivity contribution in [1.82, 2.24) is 10.2 Å². The van der Waals surface area contributed by atoms with E-state index < -0.39 is 33.6 Å². The number of thioether (sulfide) groups is 1. The second-order valence-corrected chi connectivity index (χ2v) is 12.1. The number of fused-ring (bicyclic) bond motifs is 2. The monoisotopic (exact) mass is 554 g/mol. The molecule has 0 radical (unpaired) electrons. The van der Waals surface area contributed by atoms with Crippen molar-refractivity contribution in [2.75, 3.05) is 12.9 Å². The van der Waals surface area contributed by atoms with Crippen molar-refractivity contribution in [2.24, 2.45) is 5.73 Å². The Balaban J connectivity index is 1.62. The Kier molecular flexibility index (Phi) is 8.60. The van der Waals surface area contributed by atoms with Crippen molar-refractivity contribution < 1.29 is 24.0 Å². The number of hydrogen-bond donors (Lipinski definition) is 2. The van der Waals surface area contributed by atoms with Gasteiger partial charge in [0, 0.05) is 29.8 Å². The lowest BCUT2D eigenvalue weighted by Crippen LogP contribution is -2.60. The third kappa shape index (κ3) is 6.25. The van der Waals surface area contributed by atoms with Gasteiger partial charge in [0.25, 0.3) is 5.69 Å². The molecule has 0 aromatic heterocycles. The Hall–Kier alpha value is -3.44. The molecule has 3 atom stereocenters. The number of nitrogens with zero attached hydrogens (tertiary/aromatic N) is 2. The van der Waals surface area contributed by atoms with Crippen LogP contribution in [-0.4, -0.2) is 57.3 Å². The second-order valence-electron chi connectivity index (χ2n) is 10.5. The van der Waals surface area contributed by atoms with E-state index in [0.717, 1.165) is 30.4 Å². The molecule has 0 saturated carbocycles. The van der Waals surface area contributed by atoms with Crippen molar-refractivity contribution in [2.45, 2.75) is 68.9 Å². The summed E-state index contributed by atoms with van der Waals surface area (Å²) >= 11 is 1.20. The van der Waals surface area contributed by atoms with E-state index in [2.05, 4.69) is 11.4 Å². The highest BCUT2D eigenvalue weighted by atomic mass is 32.2. The van der Waals surface area contributed by atoms with E-state index >= 15 is 0 Å². The van der Waals surface area contributed by atoms with Crippen LogP contribution in [0.1, 0.15) is 55.0 Å². The number of amides is 2. The number of aryl methyl sites for hydroxylation is 1. The number of nitro groups is 1. The summed E-state index contributed by atoms with van der Waals surface area (Å²) in [6, 6.07) is 10.5. The molecular formula is C28H34N4O6S. The van der Waals surface area contributed by atoms with Gasteiger partial charge in [-0.25, -0.2) is 0 Å². The lowest BCUT2D eigenvalue weighted by atomic mass is 9.87. The summed E-state index contributed by atoms with van der Waals surface area (Å²) in [4.78, 5) is 51.7. The van der Waals surface area contributed by atoms with Crippen LogP contribution >= 0.6 is 11.8 Å². The quantitative estimate of drug-likeness (QED) is 0.288. The number of carbonyl (C=O) groups is 3. The van der Waals surface area contributed by atoms with E-state index in [0.29, 0.717) is 5.56 Å². The first kappa shape index (κ1) is 28.6. The molecule has 39 heavy (non-hydrogen) atoms. The zero-order valence-corrected chi connectivity index (χ0v) is 23.2. The van der Waals surface area contributed by atoms with Gasteiger partial charge in [-0.2, -0.15) is 0 Å². The number of methoxy groups -OCH3 is 1. The van der Waals surface area contributed by atoms with Crippen LogP contribution in [-0.2, 0) is 38.5 Å². The summed E-state index contributed by atoms with van der Waals surface area (Å²) in [6.07, 6.45) is 2.90. The number of nitrogens with one attached hydrogen (secondary N) is 1. The molecule has 0 fully saturated rings. The first-order chi connectivity index (χ1) is 18.5. The molecule has 0 saturated heterocycles. The number of esters is 1. The Morgan fingerprint density at radius 3 is 2.67 bits per heavy atom. The minimum absolute atomic E-state index is 0.0145. The minimum atomic E-state index is -1.04. The maximum atomic E-state index is 13.9. The summed E-state index contributed by atoms with van der Waals surface area (Å²) in [7, 11) is 1.29.